The summed E-state index contributed by atoms with van der Waals surface area (Å²) in [5.41, 5.74) is 1.13. The van der Waals surface area contributed by atoms with Gasteiger partial charge in [0.2, 0.25) is 5.91 Å². The van der Waals surface area contributed by atoms with Gasteiger partial charge < -0.3 is 15.2 Å². The smallest absolute Gasteiger partial charge is 0.282 e. The number of hydrogen-bond acceptors (Lipinski definition) is 4. The summed E-state index contributed by atoms with van der Waals surface area (Å²) in [4.78, 5) is 39.3. The lowest BCUT2D eigenvalue weighted by molar-refractivity contribution is -0.145. The standard InChI is InChI=1S/C27H34FN5O2/c1-26-11-10-17-15(6-9-21-27(17,2)13-19(28)25(35)33(21)3)16(26)7-8-18(26)24(34)30-14-22-31-20-5-4-12-29-23(20)32-22/h4-5,12-13,15-18,21H,6-11,14H2,1-3H3,(H,30,34)(H,29,31,32)/t15?,16?,17?,18?,21?,26-,27+/m0/s1. The third kappa shape index (κ3) is 3.28. The molecule has 7 nitrogen and oxygen atoms in total. The Hall–Kier alpha value is -2.77. The number of likely N-dealkylation sites (N-methyl/N-ethyl adjacent to an activating group) is 1. The summed E-state index contributed by atoms with van der Waals surface area (Å²) >= 11 is 0. The number of halogens is 1. The molecule has 0 aromatic carbocycles. The van der Waals surface area contributed by atoms with Crippen molar-refractivity contribution in [2.45, 2.75) is 65.0 Å². The molecular formula is C27H34FN5O2. The number of rotatable bonds is 3. The van der Waals surface area contributed by atoms with E-state index in [1.54, 1.807) is 24.2 Å². The maximum atomic E-state index is 14.6. The van der Waals surface area contributed by atoms with Gasteiger partial charge in [-0.2, -0.15) is 0 Å². The highest BCUT2D eigenvalue weighted by atomic mass is 19.1. The number of hydrogen-bond donors (Lipinski definition) is 2. The summed E-state index contributed by atoms with van der Waals surface area (Å²) < 4.78 is 14.6. The molecule has 3 saturated carbocycles. The molecule has 0 saturated heterocycles. The van der Waals surface area contributed by atoms with Gasteiger partial charge in [0, 0.05) is 30.6 Å². The van der Waals surface area contributed by atoms with Gasteiger partial charge in [-0.3, -0.25) is 9.59 Å². The van der Waals surface area contributed by atoms with E-state index in [2.05, 4.69) is 34.1 Å². The fraction of sp³-hybridized carbons (Fsp3) is 0.630. The summed E-state index contributed by atoms with van der Waals surface area (Å²) in [6, 6.07) is 3.84. The van der Waals surface area contributed by atoms with Gasteiger partial charge in [-0.1, -0.05) is 13.8 Å². The molecule has 3 fully saturated rings. The van der Waals surface area contributed by atoms with Crippen molar-refractivity contribution in [1.82, 2.24) is 25.2 Å². The topological polar surface area (TPSA) is 91.0 Å². The lowest BCUT2D eigenvalue weighted by atomic mass is 9.47. The van der Waals surface area contributed by atoms with E-state index >= 15 is 0 Å². The molecule has 4 aliphatic rings. The van der Waals surface area contributed by atoms with Crippen LogP contribution in [0.5, 0.6) is 0 Å². The molecule has 3 aliphatic carbocycles. The molecule has 2 aromatic rings. The van der Waals surface area contributed by atoms with Crippen molar-refractivity contribution in [3.63, 3.8) is 0 Å². The van der Waals surface area contributed by atoms with E-state index in [1.807, 2.05) is 12.1 Å². The van der Waals surface area contributed by atoms with Crippen molar-refractivity contribution in [3.05, 3.63) is 36.1 Å². The molecule has 7 atom stereocenters. The number of H-pyrrole nitrogens is 1. The van der Waals surface area contributed by atoms with Crippen molar-refractivity contribution in [1.29, 1.82) is 0 Å². The summed E-state index contributed by atoms with van der Waals surface area (Å²) in [5, 5.41) is 3.14. The largest absolute Gasteiger partial charge is 0.349 e. The van der Waals surface area contributed by atoms with Crippen LogP contribution in [0, 0.1) is 34.5 Å². The zero-order valence-corrected chi connectivity index (χ0v) is 20.7. The van der Waals surface area contributed by atoms with Gasteiger partial charge in [0.05, 0.1) is 12.1 Å². The fourth-order valence-electron chi connectivity index (χ4n) is 8.53. The maximum Gasteiger partial charge on any atom is 0.282 e. The molecule has 186 valence electrons. The van der Waals surface area contributed by atoms with E-state index in [0.717, 1.165) is 44.0 Å². The van der Waals surface area contributed by atoms with E-state index in [0.29, 0.717) is 35.8 Å². The van der Waals surface area contributed by atoms with Gasteiger partial charge in [0.15, 0.2) is 11.5 Å². The first-order chi connectivity index (χ1) is 16.7. The Labute approximate surface area is 205 Å². The minimum absolute atomic E-state index is 0.0237. The van der Waals surface area contributed by atoms with Gasteiger partial charge in [-0.25, -0.2) is 14.4 Å². The molecule has 8 heteroatoms. The molecule has 35 heavy (non-hydrogen) atoms. The number of aromatic amines is 1. The quantitative estimate of drug-likeness (QED) is 0.693. The lowest BCUT2D eigenvalue weighted by Gasteiger charge is -2.60. The minimum atomic E-state index is -0.607. The highest BCUT2D eigenvalue weighted by molar-refractivity contribution is 5.92. The van der Waals surface area contributed by atoms with E-state index in [9.17, 15) is 14.0 Å². The summed E-state index contributed by atoms with van der Waals surface area (Å²) in [7, 11) is 1.75. The number of aromatic nitrogens is 3. The Bertz CT molecular complexity index is 1190. The van der Waals surface area contributed by atoms with E-state index < -0.39 is 11.7 Å². The van der Waals surface area contributed by atoms with Crippen LogP contribution >= 0.6 is 0 Å². The Morgan fingerprint density at radius 3 is 2.86 bits per heavy atom. The molecule has 0 bridgehead atoms. The highest BCUT2D eigenvalue weighted by Gasteiger charge is 2.62. The zero-order chi connectivity index (χ0) is 24.5. The predicted molar refractivity (Wildman–Crippen MR) is 129 cm³/mol. The van der Waals surface area contributed by atoms with Crippen LogP contribution in [0.1, 0.15) is 58.2 Å². The maximum absolute atomic E-state index is 14.6. The van der Waals surface area contributed by atoms with Crippen LogP contribution in [0.15, 0.2) is 30.2 Å². The third-order valence-corrected chi connectivity index (χ3v) is 10.2. The highest BCUT2D eigenvalue weighted by Crippen LogP contribution is 2.65. The first-order valence-electron chi connectivity index (χ1n) is 12.9. The number of nitrogens with zero attached hydrogens (tertiary/aromatic N) is 3. The molecule has 0 radical (unpaired) electrons. The Kier molecular flexibility index (Phi) is 5.10. The molecule has 2 amide bonds. The normalized spacial score (nSPS) is 38.5. The Morgan fingerprint density at radius 2 is 2.06 bits per heavy atom. The first kappa shape index (κ1) is 22.7. The number of carbonyl (C=O) groups is 2. The fourth-order valence-corrected chi connectivity index (χ4v) is 8.53. The summed E-state index contributed by atoms with van der Waals surface area (Å²) in [6.45, 7) is 4.82. The van der Waals surface area contributed by atoms with E-state index in [1.165, 1.54) is 0 Å². The van der Waals surface area contributed by atoms with Crippen molar-refractivity contribution in [3.8, 4) is 0 Å². The molecule has 3 heterocycles. The average Bonchev–Trinajstić information content (AvgIpc) is 3.41. The second kappa shape index (κ2) is 7.87. The van der Waals surface area contributed by atoms with Crippen LogP contribution in [0.4, 0.5) is 4.39 Å². The van der Waals surface area contributed by atoms with Crippen LogP contribution in [0.3, 0.4) is 0 Å². The Balaban J connectivity index is 1.19. The average molecular weight is 480 g/mol. The van der Waals surface area contributed by atoms with E-state index in [4.69, 9.17) is 0 Å². The second-order valence-electron chi connectivity index (χ2n) is 11.7. The number of carbonyl (C=O) groups excluding carboxylic acids is 2. The molecule has 2 aromatic heterocycles. The lowest BCUT2D eigenvalue weighted by Crippen LogP contribution is -2.60. The number of nitrogens with one attached hydrogen (secondary N) is 2. The van der Waals surface area contributed by atoms with Gasteiger partial charge in [0.1, 0.15) is 5.82 Å². The predicted octanol–water partition coefficient (Wildman–Crippen LogP) is 4.13. The van der Waals surface area contributed by atoms with Crippen molar-refractivity contribution >= 4 is 23.0 Å². The SMILES string of the molecule is CN1C(=O)C(F)=C[C@]2(C)C3CC[C@]4(C)C(C(=O)NCc5nc6ncccc6[nH]5)CCC4C3CCC12. The molecule has 2 N–H and O–H groups in total. The minimum Gasteiger partial charge on any atom is -0.349 e. The van der Waals surface area contributed by atoms with E-state index in [-0.39, 0.29) is 28.7 Å². The Morgan fingerprint density at radius 1 is 1.23 bits per heavy atom. The van der Waals surface area contributed by atoms with Crippen LogP contribution in [0.2, 0.25) is 0 Å². The summed E-state index contributed by atoms with van der Waals surface area (Å²) in [5.74, 6) is 0.954. The first-order valence-corrected chi connectivity index (χ1v) is 12.9. The van der Waals surface area contributed by atoms with Crippen molar-refractivity contribution < 1.29 is 14.0 Å². The summed E-state index contributed by atoms with van der Waals surface area (Å²) in [6.07, 6.45) is 9.14. The van der Waals surface area contributed by atoms with Crippen LogP contribution in [0.25, 0.3) is 11.2 Å². The second-order valence-corrected chi connectivity index (χ2v) is 11.7. The number of pyridine rings is 1. The molecular weight excluding hydrogens is 445 g/mol. The molecule has 1 aliphatic heterocycles. The number of imidazole rings is 1. The van der Waals surface area contributed by atoms with Crippen molar-refractivity contribution in [2.24, 2.45) is 34.5 Å². The molecule has 0 spiro atoms. The van der Waals surface area contributed by atoms with Gasteiger partial charge >= 0.3 is 0 Å². The zero-order valence-electron chi connectivity index (χ0n) is 20.7. The van der Waals surface area contributed by atoms with Gasteiger partial charge in [0.25, 0.3) is 5.91 Å². The van der Waals surface area contributed by atoms with Crippen molar-refractivity contribution in [2.75, 3.05) is 7.05 Å². The monoisotopic (exact) mass is 479 g/mol. The molecule has 5 unspecified atom stereocenters. The third-order valence-electron chi connectivity index (χ3n) is 10.2. The van der Waals surface area contributed by atoms with Crippen LogP contribution < -0.4 is 5.32 Å². The van der Waals surface area contributed by atoms with Gasteiger partial charge in [-0.05, 0) is 79.9 Å². The molecule has 6 rings (SSSR count). The van der Waals surface area contributed by atoms with Gasteiger partial charge in [-0.15, -0.1) is 0 Å². The van der Waals surface area contributed by atoms with Crippen LogP contribution in [-0.2, 0) is 16.1 Å². The van der Waals surface area contributed by atoms with Crippen LogP contribution in [-0.4, -0.2) is 44.8 Å². The number of amides is 2. The number of fused-ring (bicyclic) bond motifs is 6.